The Morgan fingerprint density at radius 2 is 2.06 bits per heavy atom. The Kier molecular flexibility index (Phi) is 3.69. The van der Waals surface area contributed by atoms with Crippen LogP contribution in [0.25, 0.3) is 0 Å². The number of carbonyl (C=O) groups excluding carboxylic acids is 2. The highest BCUT2D eigenvalue weighted by molar-refractivity contribution is 5.90. The first-order chi connectivity index (χ1) is 8.08. The third-order valence-electron chi connectivity index (χ3n) is 4.35. The Balaban J connectivity index is 1.87. The van der Waals surface area contributed by atoms with Gasteiger partial charge in [-0.2, -0.15) is 0 Å². The molecule has 4 heteroatoms. The van der Waals surface area contributed by atoms with E-state index in [4.69, 9.17) is 0 Å². The Morgan fingerprint density at radius 3 is 2.71 bits per heavy atom. The van der Waals surface area contributed by atoms with Crippen molar-refractivity contribution in [2.24, 2.45) is 11.8 Å². The lowest BCUT2D eigenvalue weighted by Gasteiger charge is -2.35. The maximum atomic E-state index is 12.0. The average Bonchev–Trinajstić information content (AvgIpc) is 2.72. The largest absolute Gasteiger partial charge is 0.351 e. The van der Waals surface area contributed by atoms with Crippen molar-refractivity contribution in [3.63, 3.8) is 0 Å². The lowest BCUT2D eigenvalue weighted by molar-refractivity contribution is -0.126. The molecule has 1 saturated heterocycles. The van der Waals surface area contributed by atoms with E-state index in [0.717, 1.165) is 6.42 Å². The smallest absolute Gasteiger partial charge is 0.242 e. The predicted octanol–water partition coefficient (Wildman–Crippen LogP) is 1.21. The van der Waals surface area contributed by atoms with Crippen LogP contribution >= 0.6 is 0 Å². The molecular weight excluding hydrogens is 216 g/mol. The molecule has 0 aromatic rings. The summed E-state index contributed by atoms with van der Waals surface area (Å²) in [6.07, 6.45) is 4.63. The molecule has 2 amide bonds. The van der Waals surface area contributed by atoms with Gasteiger partial charge in [0.05, 0.1) is 0 Å². The molecule has 2 rings (SSSR count). The number of rotatable bonds is 2. The van der Waals surface area contributed by atoms with Crippen LogP contribution in [0.2, 0.25) is 0 Å². The van der Waals surface area contributed by atoms with Gasteiger partial charge in [-0.3, -0.25) is 9.59 Å². The van der Waals surface area contributed by atoms with Gasteiger partial charge in [0.15, 0.2) is 0 Å². The molecule has 4 nitrogen and oxygen atoms in total. The monoisotopic (exact) mass is 238 g/mol. The SMILES string of the molecule is C[C@@H]1[C@H](C)CCC[C@@H]1NC(=O)[C@H]1CCC(=O)N1. The van der Waals surface area contributed by atoms with Crippen molar-refractivity contribution < 1.29 is 9.59 Å². The van der Waals surface area contributed by atoms with Crippen LogP contribution in [0.3, 0.4) is 0 Å². The molecule has 0 bridgehead atoms. The third-order valence-corrected chi connectivity index (χ3v) is 4.35. The van der Waals surface area contributed by atoms with Crippen molar-refractivity contribution >= 4 is 11.8 Å². The minimum Gasteiger partial charge on any atom is -0.351 e. The summed E-state index contributed by atoms with van der Waals surface area (Å²) in [6, 6.07) is -0.0179. The van der Waals surface area contributed by atoms with E-state index in [1.54, 1.807) is 0 Å². The summed E-state index contributed by atoms with van der Waals surface area (Å²) in [6.45, 7) is 4.46. The fourth-order valence-corrected chi connectivity index (χ4v) is 2.88. The van der Waals surface area contributed by atoms with Gasteiger partial charge in [0.2, 0.25) is 11.8 Å². The molecule has 0 aromatic carbocycles. The van der Waals surface area contributed by atoms with Crippen LogP contribution < -0.4 is 10.6 Å². The van der Waals surface area contributed by atoms with E-state index in [1.165, 1.54) is 12.8 Å². The van der Waals surface area contributed by atoms with Crippen LogP contribution in [0.4, 0.5) is 0 Å². The van der Waals surface area contributed by atoms with Gasteiger partial charge in [-0.15, -0.1) is 0 Å². The fourth-order valence-electron chi connectivity index (χ4n) is 2.88. The molecule has 2 fully saturated rings. The number of amides is 2. The molecule has 96 valence electrons. The number of hydrogen-bond donors (Lipinski definition) is 2. The van der Waals surface area contributed by atoms with Gasteiger partial charge >= 0.3 is 0 Å². The second-order valence-corrected chi connectivity index (χ2v) is 5.54. The Hall–Kier alpha value is -1.06. The summed E-state index contributed by atoms with van der Waals surface area (Å²) in [5.41, 5.74) is 0. The van der Waals surface area contributed by atoms with Crippen LogP contribution in [0.1, 0.15) is 46.0 Å². The standard InChI is InChI=1S/C13H22N2O2/c1-8-4-3-5-10(9(8)2)15-13(17)11-6-7-12(16)14-11/h8-11H,3-7H2,1-2H3,(H,14,16)(H,15,17)/t8-,9-,10+,11-/m1/s1. The van der Waals surface area contributed by atoms with Gasteiger partial charge < -0.3 is 10.6 Å². The lowest BCUT2D eigenvalue weighted by Crippen LogP contribution is -2.50. The van der Waals surface area contributed by atoms with E-state index in [9.17, 15) is 9.59 Å². The van der Waals surface area contributed by atoms with Crippen LogP contribution in [-0.2, 0) is 9.59 Å². The van der Waals surface area contributed by atoms with Crippen LogP contribution in [-0.4, -0.2) is 23.9 Å². The van der Waals surface area contributed by atoms with Gasteiger partial charge in [-0.05, 0) is 24.7 Å². The van der Waals surface area contributed by atoms with Crippen molar-refractivity contribution in [1.82, 2.24) is 10.6 Å². The minimum absolute atomic E-state index is 0.00167. The average molecular weight is 238 g/mol. The zero-order valence-corrected chi connectivity index (χ0v) is 10.7. The molecule has 1 aliphatic heterocycles. The van der Waals surface area contributed by atoms with Crippen molar-refractivity contribution in [2.75, 3.05) is 0 Å². The first kappa shape index (κ1) is 12.4. The molecule has 1 aliphatic carbocycles. The first-order valence-electron chi connectivity index (χ1n) is 6.67. The predicted molar refractivity (Wildman–Crippen MR) is 65.3 cm³/mol. The zero-order valence-electron chi connectivity index (χ0n) is 10.7. The quantitative estimate of drug-likeness (QED) is 0.759. The Morgan fingerprint density at radius 1 is 1.29 bits per heavy atom. The highest BCUT2D eigenvalue weighted by Gasteiger charge is 2.32. The number of hydrogen-bond acceptors (Lipinski definition) is 2. The second-order valence-electron chi connectivity index (χ2n) is 5.54. The summed E-state index contributed by atoms with van der Waals surface area (Å²) in [7, 11) is 0. The Bertz CT molecular complexity index is 317. The molecule has 1 heterocycles. The van der Waals surface area contributed by atoms with E-state index in [-0.39, 0.29) is 23.9 Å². The molecule has 0 radical (unpaired) electrons. The molecule has 1 saturated carbocycles. The molecular formula is C13H22N2O2. The number of carbonyl (C=O) groups is 2. The van der Waals surface area contributed by atoms with E-state index in [1.807, 2.05) is 0 Å². The van der Waals surface area contributed by atoms with Crippen LogP contribution in [0.15, 0.2) is 0 Å². The maximum Gasteiger partial charge on any atom is 0.242 e. The van der Waals surface area contributed by atoms with Crippen molar-refractivity contribution in [2.45, 2.75) is 58.0 Å². The molecule has 2 aliphatic rings. The van der Waals surface area contributed by atoms with Gasteiger partial charge in [-0.25, -0.2) is 0 Å². The Labute approximate surface area is 103 Å². The van der Waals surface area contributed by atoms with Gasteiger partial charge in [-0.1, -0.05) is 26.7 Å². The van der Waals surface area contributed by atoms with E-state index in [2.05, 4.69) is 24.5 Å². The molecule has 0 spiro atoms. The van der Waals surface area contributed by atoms with Crippen molar-refractivity contribution in [1.29, 1.82) is 0 Å². The second kappa shape index (κ2) is 5.07. The van der Waals surface area contributed by atoms with E-state index >= 15 is 0 Å². The van der Waals surface area contributed by atoms with Gasteiger partial charge in [0.25, 0.3) is 0 Å². The molecule has 0 aromatic heterocycles. The van der Waals surface area contributed by atoms with E-state index in [0.29, 0.717) is 24.7 Å². The highest BCUT2D eigenvalue weighted by Crippen LogP contribution is 2.29. The summed E-state index contributed by atoms with van der Waals surface area (Å²) < 4.78 is 0. The third kappa shape index (κ3) is 2.79. The van der Waals surface area contributed by atoms with Crippen molar-refractivity contribution in [3.8, 4) is 0 Å². The van der Waals surface area contributed by atoms with Crippen molar-refractivity contribution in [3.05, 3.63) is 0 Å². The highest BCUT2D eigenvalue weighted by atomic mass is 16.2. The summed E-state index contributed by atoms with van der Waals surface area (Å²) >= 11 is 0. The maximum absolute atomic E-state index is 12.0. The van der Waals surface area contributed by atoms with E-state index < -0.39 is 0 Å². The summed E-state index contributed by atoms with van der Waals surface area (Å²) in [5.74, 6) is 1.20. The van der Waals surface area contributed by atoms with Gasteiger partial charge in [0.1, 0.15) is 6.04 Å². The molecule has 2 N–H and O–H groups in total. The summed E-state index contributed by atoms with van der Waals surface area (Å²) in [5, 5.41) is 5.83. The molecule has 4 atom stereocenters. The van der Waals surface area contributed by atoms with Gasteiger partial charge in [0, 0.05) is 12.5 Å². The minimum atomic E-state index is -0.299. The lowest BCUT2D eigenvalue weighted by atomic mass is 9.78. The zero-order chi connectivity index (χ0) is 12.4. The first-order valence-corrected chi connectivity index (χ1v) is 6.67. The molecule has 17 heavy (non-hydrogen) atoms. The van der Waals surface area contributed by atoms with Crippen LogP contribution in [0, 0.1) is 11.8 Å². The van der Waals surface area contributed by atoms with Crippen LogP contribution in [0.5, 0.6) is 0 Å². The summed E-state index contributed by atoms with van der Waals surface area (Å²) in [4.78, 5) is 23.1. The molecule has 0 unspecified atom stereocenters. The number of nitrogens with one attached hydrogen (secondary N) is 2. The normalized spacial score (nSPS) is 37.6. The topological polar surface area (TPSA) is 58.2 Å². The fraction of sp³-hybridized carbons (Fsp3) is 0.846.